The summed E-state index contributed by atoms with van der Waals surface area (Å²) in [5.41, 5.74) is -1.67. The van der Waals surface area contributed by atoms with Crippen molar-refractivity contribution in [1.82, 2.24) is 0 Å². The van der Waals surface area contributed by atoms with Crippen molar-refractivity contribution in [3.63, 3.8) is 0 Å². The fourth-order valence-corrected chi connectivity index (χ4v) is 4.18. The summed E-state index contributed by atoms with van der Waals surface area (Å²) in [5, 5.41) is 19.9. The van der Waals surface area contributed by atoms with E-state index < -0.39 is 54.8 Å². The van der Waals surface area contributed by atoms with Crippen molar-refractivity contribution in [2.45, 2.75) is 11.5 Å². The lowest BCUT2D eigenvalue weighted by molar-refractivity contribution is 0.0978. The second-order valence-corrected chi connectivity index (χ2v) is 9.07. The maximum atomic E-state index is 12.8. The Hall–Kier alpha value is -2.80. The van der Waals surface area contributed by atoms with Crippen LogP contribution in [-0.4, -0.2) is 47.7 Å². The lowest BCUT2D eigenvalue weighted by Crippen LogP contribution is -2.22. The molecule has 2 aromatic rings. The predicted molar refractivity (Wildman–Crippen MR) is 93.6 cm³/mol. The van der Waals surface area contributed by atoms with Gasteiger partial charge in [0.1, 0.15) is 23.0 Å². The van der Waals surface area contributed by atoms with Crippen LogP contribution < -0.4 is 0 Å². The molecule has 1 aliphatic carbocycles. The van der Waals surface area contributed by atoms with E-state index in [0.29, 0.717) is 0 Å². The molecule has 0 aliphatic heterocycles. The van der Waals surface area contributed by atoms with E-state index >= 15 is 0 Å². The van der Waals surface area contributed by atoms with Crippen molar-refractivity contribution in [3.05, 3.63) is 57.6 Å². The van der Waals surface area contributed by atoms with Crippen LogP contribution in [0.1, 0.15) is 43.0 Å². The van der Waals surface area contributed by atoms with Crippen molar-refractivity contribution < 1.29 is 45.7 Å². The Morgan fingerprint density at radius 1 is 0.607 bits per heavy atom. The van der Waals surface area contributed by atoms with Crippen LogP contribution >= 0.6 is 0 Å². The zero-order chi connectivity index (χ0) is 21.0. The number of rotatable bonds is 4. The molecule has 0 bridgehead atoms. The van der Waals surface area contributed by atoms with Gasteiger partial charge in [-0.15, -0.1) is 0 Å². The Bertz CT molecular complexity index is 1160. The van der Waals surface area contributed by atoms with Crippen LogP contribution in [0.25, 0.3) is 0 Å². The van der Waals surface area contributed by atoms with Gasteiger partial charge in [-0.1, -0.05) is 0 Å². The normalized spacial score (nSPS) is 13.9. The summed E-state index contributed by atoms with van der Waals surface area (Å²) >= 11 is 0. The topological polar surface area (TPSA) is 183 Å². The highest BCUT2D eigenvalue weighted by Gasteiger charge is 2.33. The maximum absolute atomic E-state index is 12.8. The Kier molecular flexibility index (Phi) is 4.54. The van der Waals surface area contributed by atoms with Gasteiger partial charge in [-0.05, 0) is 24.3 Å². The van der Waals surface area contributed by atoms with Gasteiger partial charge < -0.3 is 10.2 Å². The van der Waals surface area contributed by atoms with E-state index in [1.807, 2.05) is 0 Å². The number of hydrogen-bond acceptors (Lipinski definition) is 8. The standard InChI is InChI=1S/C16H12O10S2/c17-13-3-11-9(1-7(13)5-27(21,22)23)15(19)10-2-8(6-28(24,25)26)14(18)4-12(10)16(11)20/h1-4,17-18H,5-6H2,(H,21,22,23)(H,24,25,26). The molecular formula is C16H12O10S2. The SMILES string of the molecule is O=C1c2cc(O)c(CS(=O)(=O)O)cc2C(=O)c2cc(CS(=O)(=O)O)c(O)cc21. The third-order valence-corrected chi connectivity index (χ3v) is 5.44. The summed E-state index contributed by atoms with van der Waals surface area (Å²) in [4.78, 5) is 25.4. The summed E-state index contributed by atoms with van der Waals surface area (Å²) < 4.78 is 62.2. The van der Waals surface area contributed by atoms with E-state index in [1.165, 1.54) is 0 Å². The second kappa shape index (κ2) is 6.38. The van der Waals surface area contributed by atoms with E-state index in [4.69, 9.17) is 9.11 Å². The second-order valence-electron chi connectivity index (χ2n) is 6.16. The number of phenolic OH excluding ortho intramolecular Hbond substituents is 2. The van der Waals surface area contributed by atoms with Gasteiger partial charge >= 0.3 is 0 Å². The number of carbonyl (C=O) groups excluding carboxylic acids is 2. The molecule has 0 saturated heterocycles. The minimum atomic E-state index is -4.53. The average Bonchev–Trinajstić information content (AvgIpc) is 2.53. The van der Waals surface area contributed by atoms with Crippen LogP contribution in [0, 0.1) is 0 Å². The van der Waals surface area contributed by atoms with Gasteiger partial charge in [-0.3, -0.25) is 18.7 Å². The molecule has 10 nitrogen and oxygen atoms in total. The third-order valence-electron chi connectivity index (χ3n) is 4.09. The quantitative estimate of drug-likeness (QED) is 0.430. The van der Waals surface area contributed by atoms with E-state index in [9.17, 15) is 36.6 Å². The van der Waals surface area contributed by atoms with Gasteiger partial charge in [0.15, 0.2) is 11.6 Å². The van der Waals surface area contributed by atoms with Gasteiger partial charge in [-0.2, -0.15) is 16.8 Å². The molecule has 1 aliphatic rings. The summed E-state index contributed by atoms with van der Waals surface area (Å²) in [6, 6.07) is 3.64. The summed E-state index contributed by atoms with van der Waals surface area (Å²) in [5.74, 6) is -4.82. The molecule has 0 atom stereocenters. The first-order chi connectivity index (χ1) is 12.8. The summed E-state index contributed by atoms with van der Waals surface area (Å²) in [7, 11) is -9.07. The number of phenols is 2. The highest BCUT2D eigenvalue weighted by Crippen LogP contribution is 2.35. The van der Waals surface area contributed by atoms with Crippen molar-refractivity contribution >= 4 is 31.8 Å². The van der Waals surface area contributed by atoms with Crippen LogP contribution in [-0.2, 0) is 31.7 Å². The minimum absolute atomic E-state index is 0.254. The molecule has 0 fully saturated rings. The van der Waals surface area contributed by atoms with E-state index in [-0.39, 0.29) is 33.4 Å². The van der Waals surface area contributed by atoms with E-state index in [0.717, 1.165) is 24.3 Å². The fraction of sp³-hybridized carbons (Fsp3) is 0.125. The molecule has 4 N–H and O–H groups in total. The van der Waals surface area contributed by atoms with Gasteiger partial charge in [-0.25, -0.2) is 0 Å². The lowest BCUT2D eigenvalue weighted by atomic mass is 9.82. The van der Waals surface area contributed by atoms with Gasteiger partial charge in [0.2, 0.25) is 0 Å². The molecule has 148 valence electrons. The van der Waals surface area contributed by atoms with Crippen molar-refractivity contribution in [2.75, 3.05) is 0 Å². The first-order valence-electron chi connectivity index (χ1n) is 7.48. The van der Waals surface area contributed by atoms with Crippen molar-refractivity contribution in [2.24, 2.45) is 0 Å². The molecule has 0 heterocycles. The zero-order valence-electron chi connectivity index (χ0n) is 13.8. The fourth-order valence-electron chi connectivity index (χ4n) is 2.93. The monoisotopic (exact) mass is 428 g/mol. The number of carbonyl (C=O) groups is 2. The molecular weight excluding hydrogens is 416 g/mol. The number of fused-ring (bicyclic) bond motifs is 2. The van der Waals surface area contributed by atoms with Crippen LogP contribution in [0.5, 0.6) is 11.5 Å². The van der Waals surface area contributed by atoms with Crippen LogP contribution in [0.4, 0.5) is 0 Å². The lowest BCUT2D eigenvalue weighted by Gasteiger charge is -2.20. The highest BCUT2D eigenvalue weighted by atomic mass is 32.2. The molecule has 0 aromatic heterocycles. The van der Waals surface area contributed by atoms with Crippen LogP contribution in [0.3, 0.4) is 0 Å². The Morgan fingerprint density at radius 3 is 1.18 bits per heavy atom. The number of benzene rings is 2. The number of aromatic hydroxyl groups is 2. The smallest absolute Gasteiger partial charge is 0.269 e. The third kappa shape index (κ3) is 3.75. The number of ketones is 2. The maximum Gasteiger partial charge on any atom is 0.269 e. The molecule has 28 heavy (non-hydrogen) atoms. The van der Waals surface area contributed by atoms with Crippen molar-refractivity contribution in [1.29, 1.82) is 0 Å². The first kappa shape index (κ1) is 19.9. The van der Waals surface area contributed by atoms with Crippen LogP contribution in [0.15, 0.2) is 24.3 Å². The Morgan fingerprint density at radius 2 is 0.893 bits per heavy atom. The highest BCUT2D eigenvalue weighted by molar-refractivity contribution is 7.85. The molecule has 0 radical (unpaired) electrons. The Labute approximate surface area is 158 Å². The van der Waals surface area contributed by atoms with Crippen LogP contribution in [0.2, 0.25) is 0 Å². The number of hydrogen-bond donors (Lipinski definition) is 4. The molecule has 3 rings (SSSR count). The van der Waals surface area contributed by atoms with Gasteiger partial charge in [0.25, 0.3) is 20.2 Å². The summed E-state index contributed by atoms with van der Waals surface area (Å²) in [6.45, 7) is 0. The zero-order valence-corrected chi connectivity index (χ0v) is 15.4. The van der Waals surface area contributed by atoms with Gasteiger partial charge in [0.05, 0.1) is 0 Å². The Balaban J connectivity index is 2.19. The largest absolute Gasteiger partial charge is 0.508 e. The minimum Gasteiger partial charge on any atom is -0.508 e. The molecule has 0 saturated carbocycles. The van der Waals surface area contributed by atoms with Gasteiger partial charge in [0, 0.05) is 33.4 Å². The summed E-state index contributed by atoms with van der Waals surface area (Å²) in [6.07, 6.45) is 0. The predicted octanol–water partition coefficient (Wildman–Crippen LogP) is 0.649. The first-order valence-corrected chi connectivity index (χ1v) is 10.7. The van der Waals surface area contributed by atoms with Crippen molar-refractivity contribution in [3.8, 4) is 11.5 Å². The molecule has 0 unspecified atom stereocenters. The molecule has 12 heteroatoms. The van der Waals surface area contributed by atoms with E-state index in [1.54, 1.807) is 0 Å². The average molecular weight is 428 g/mol. The molecule has 2 aromatic carbocycles. The van der Waals surface area contributed by atoms with E-state index in [2.05, 4.69) is 0 Å². The molecule has 0 amide bonds. The molecule has 0 spiro atoms.